The van der Waals surface area contributed by atoms with Crippen LogP contribution in [0.15, 0.2) is 18.5 Å². The number of carboxylic acid groups (broad SMARTS) is 1. The Hall–Kier alpha value is -2.18. The van der Waals surface area contributed by atoms with Crippen molar-refractivity contribution in [2.75, 3.05) is 5.32 Å². The lowest BCUT2D eigenvalue weighted by Gasteiger charge is -2.12. The first-order valence-corrected chi connectivity index (χ1v) is 4.57. The van der Waals surface area contributed by atoms with Gasteiger partial charge in [0.2, 0.25) is 0 Å². The van der Waals surface area contributed by atoms with Crippen LogP contribution in [-0.4, -0.2) is 27.0 Å². The predicted octanol–water partition coefficient (Wildman–Crippen LogP) is 1.26. The third-order valence-electron chi connectivity index (χ3n) is 1.88. The zero-order valence-electron chi connectivity index (χ0n) is 8.58. The number of aromatic nitrogens is 1. The van der Waals surface area contributed by atoms with E-state index in [9.17, 15) is 14.9 Å². The molecular weight excluding hydrogens is 214 g/mol. The van der Waals surface area contributed by atoms with E-state index in [4.69, 9.17) is 5.11 Å². The summed E-state index contributed by atoms with van der Waals surface area (Å²) < 4.78 is 0. The Morgan fingerprint density at radius 1 is 1.75 bits per heavy atom. The summed E-state index contributed by atoms with van der Waals surface area (Å²) in [5.41, 5.74) is 0.105. The second kappa shape index (κ2) is 5.06. The molecule has 16 heavy (non-hydrogen) atoms. The maximum Gasteiger partial charge on any atom is 0.310 e. The molecule has 0 spiro atoms. The second-order valence-corrected chi connectivity index (χ2v) is 3.29. The number of anilines is 1. The van der Waals surface area contributed by atoms with E-state index in [2.05, 4.69) is 10.3 Å². The molecule has 0 aromatic carbocycles. The van der Waals surface area contributed by atoms with E-state index in [0.717, 1.165) is 6.20 Å². The van der Waals surface area contributed by atoms with Crippen LogP contribution in [0.5, 0.6) is 0 Å². The minimum absolute atomic E-state index is 0.112. The van der Waals surface area contributed by atoms with Gasteiger partial charge in [-0.05, 0) is 13.0 Å². The zero-order chi connectivity index (χ0) is 12.1. The third kappa shape index (κ3) is 3.19. The number of nitrogens with one attached hydrogen (secondary N) is 1. The van der Waals surface area contributed by atoms with Gasteiger partial charge in [-0.1, -0.05) is 0 Å². The van der Waals surface area contributed by atoms with Crippen LogP contribution in [0.1, 0.15) is 13.3 Å². The molecule has 0 aliphatic rings. The number of hydrogen-bond acceptors (Lipinski definition) is 5. The normalized spacial score (nSPS) is 11.8. The fourth-order valence-corrected chi connectivity index (χ4v) is 1.23. The Balaban J connectivity index is 2.80. The van der Waals surface area contributed by atoms with Crippen molar-refractivity contribution in [1.29, 1.82) is 0 Å². The van der Waals surface area contributed by atoms with Gasteiger partial charge in [0, 0.05) is 12.2 Å². The lowest BCUT2D eigenvalue weighted by Crippen LogP contribution is -2.19. The Morgan fingerprint density at radius 3 is 3.00 bits per heavy atom. The first-order chi connectivity index (χ1) is 7.50. The molecule has 1 aromatic rings. The fraction of sp³-hybridized carbons (Fsp3) is 0.333. The largest absolute Gasteiger partial charge is 0.481 e. The average Bonchev–Trinajstić information content (AvgIpc) is 2.16. The molecule has 86 valence electrons. The topological polar surface area (TPSA) is 105 Å². The van der Waals surface area contributed by atoms with Crippen LogP contribution in [0.3, 0.4) is 0 Å². The second-order valence-electron chi connectivity index (χ2n) is 3.29. The quantitative estimate of drug-likeness (QED) is 0.577. The highest BCUT2D eigenvalue weighted by Crippen LogP contribution is 2.22. The number of carboxylic acids is 1. The Bertz CT molecular complexity index is 407. The standard InChI is InChI=1S/C9H11N3O4/c1-6(4-9(13)14)11-7-2-3-10-5-8(7)12(15)16/h2-3,5-6H,4H2,1H3,(H,10,11)(H,13,14). The lowest BCUT2D eigenvalue weighted by molar-refractivity contribution is -0.384. The molecule has 1 atom stereocenters. The zero-order valence-corrected chi connectivity index (χ0v) is 8.58. The number of aliphatic carboxylic acids is 1. The van der Waals surface area contributed by atoms with Gasteiger partial charge >= 0.3 is 11.7 Å². The molecule has 2 N–H and O–H groups in total. The first kappa shape index (κ1) is 11.9. The maximum atomic E-state index is 10.6. The Labute approximate surface area is 91.3 Å². The van der Waals surface area contributed by atoms with Crippen LogP contribution in [0, 0.1) is 10.1 Å². The summed E-state index contributed by atoms with van der Waals surface area (Å²) in [4.78, 5) is 24.1. The van der Waals surface area contributed by atoms with Crippen LogP contribution in [0.4, 0.5) is 11.4 Å². The monoisotopic (exact) mass is 225 g/mol. The van der Waals surface area contributed by atoms with Gasteiger partial charge in [0.1, 0.15) is 11.9 Å². The summed E-state index contributed by atoms with van der Waals surface area (Å²) >= 11 is 0. The molecule has 0 saturated heterocycles. The molecule has 1 rings (SSSR count). The summed E-state index contributed by atoms with van der Waals surface area (Å²) in [5.74, 6) is -0.961. The van der Waals surface area contributed by atoms with Crippen molar-refractivity contribution >= 4 is 17.3 Å². The smallest absolute Gasteiger partial charge is 0.310 e. The van der Waals surface area contributed by atoms with Gasteiger partial charge < -0.3 is 10.4 Å². The molecule has 7 nitrogen and oxygen atoms in total. The molecule has 0 bridgehead atoms. The predicted molar refractivity (Wildman–Crippen MR) is 56.2 cm³/mol. The molecule has 7 heteroatoms. The van der Waals surface area contributed by atoms with E-state index >= 15 is 0 Å². The highest BCUT2D eigenvalue weighted by Gasteiger charge is 2.16. The average molecular weight is 225 g/mol. The summed E-state index contributed by atoms with van der Waals surface area (Å²) in [5, 5.41) is 21.9. The van der Waals surface area contributed by atoms with E-state index in [1.54, 1.807) is 6.92 Å². The third-order valence-corrected chi connectivity index (χ3v) is 1.88. The van der Waals surface area contributed by atoms with Crippen molar-refractivity contribution in [2.45, 2.75) is 19.4 Å². The van der Waals surface area contributed by atoms with Crippen LogP contribution in [-0.2, 0) is 4.79 Å². The number of hydrogen-bond donors (Lipinski definition) is 2. The molecule has 0 aliphatic heterocycles. The van der Waals surface area contributed by atoms with Crippen LogP contribution < -0.4 is 5.32 Å². The first-order valence-electron chi connectivity index (χ1n) is 4.57. The molecule has 0 fully saturated rings. The van der Waals surface area contributed by atoms with Gasteiger partial charge in [-0.3, -0.25) is 19.9 Å². The number of nitro groups is 1. The molecule has 0 aliphatic carbocycles. The maximum absolute atomic E-state index is 10.6. The van der Waals surface area contributed by atoms with E-state index in [-0.39, 0.29) is 17.8 Å². The number of nitrogens with zero attached hydrogens (tertiary/aromatic N) is 2. The molecule has 1 heterocycles. The summed E-state index contributed by atoms with van der Waals surface area (Å²) in [6.07, 6.45) is 2.41. The number of carbonyl (C=O) groups is 1. The van der Waals surface area contributed by atoms with E-state index in [1.165, 1.54) is 12.3 Å². The number of rotatable bonds is 5. The molecule has 0 radical (unpaired) electrons. The lowest BCUT2D eigenvalue weighted by atomic mass is 10.2. The molecule has 1 aromatic heterocycles. The molecule has 0 saturated carbocycles. The number of pyridine rings is 1. The highest BCUT2D eigenvalue weighted by atomic mass is 16.6. The van der Waals surface area contributed by atoms with E-state index < -0.39 is 16.9 Å². The SMILES string of the molecule is CC(CC(=O)O)Nc1ccncc1[N+](=O)[O-]. The van der Waals surface area contributed by atoms with E-state index in [0.29, 0.717) is 0 Å². The van der Waals surface area contributed by atoms with Crippen molar-refractivity contribution < 1.29 is 14.8 Å². The van der Waals surface area contributed by atoms with Crippen LogP contribution in [0.25, 0.3) is 0 Å². The van der Waals surface area contributed by atoms with Crippen molar-refractivity contribution in [3.8, 4) is 0 Å². The summed E-state index contributed by atoms with van der Waals surface area (Å²) in [7, 11) is 0. The van der Waals surface area contributed by atoms with Gasteiger partial charge in [-0.15, -0.1) is 0 Å². The Kier molecular flexibility index (Phi) is 3.76. The van der Waals surface area contributed by atoms with Gasteiger partial charge in [0.15, 0.2) is 0 Å². The van der Waals surface area contributed by atoms with Crippen LogP contribution >= 0.6 is 0 Å². The molecule has 1 unspecified atom stereocenters. The Morgan fingerprint density at radius 2 is 2.44 bits per heavy atom. The summed E-state index contributed by atoms with van der Waals surface area (Å²) in [6.45, 7) is 1.64. The minimum Gasteiger partial charge on any atom is -0.481 e. The van der Waals surface area contributed by atoms with Crippen molar-refractivity contribution in [2.24, 2.45) is 0 Å². The molecular formula is C9H11N3O4. The van der Waals surface area contributed by atoms with Gasteiger partial charge in [-0.25, -0.2) is 0 Å². The van der Waals surface area contributed by atoms with Crippen molar-refractivity contribution in [3.63, 3.8) is 0 Å². The van der Waals surface area contributed by atoms with Crippen LogP contribution in [0.2, 0.25) is 0 Å². The molecule has 0 amide bonds. The summed E-state index contributed by atoms with van der Waals surface area (Å²) in [6, 6.07) is 1.05. The van der Waals surface area contributed by atoms with Gasteiger partial charge in [-0.2, -0.15) is 0 Å². The van der Waals surface area contributed by atoms with E-state index in [1.807, 2.05) is 0 Å². The highest BCUT2D eigenvalue weighted by molar-refractivity contribution is 5.69. The van der Waals surface area contributed by atoms with Crippen molar-refractivity contribution in [3.05, 3.63) is 28.6 Å². The minimum atomic E-state index is -0.961. The fourth-order valence-electron chi connectivity index (χ4n) is 1.23. The van der Waals surface area contributed by atoms with Crippen molar-refractivity contribution in [1.82, 2.24) is 4.98 Å². The van der Waals surface area contributed by atoms with Gasteiger partial charge in [0.25, 0.3) is 0 Å². The van der Waals surface area contributed by atoms with Gasteiger partial charge in [0.05, 0.1) is 11.3 Å².